The highest BCUT2D eigenvalue weighted by Crippen LogP contribution is 2.40. The zero-order valence-electron chi connectivity index (χ0n) is 8.35. The van der Waals surface area contributed by atoms with E-state index in [9.17, 15) is 4.79 Å². The fourth-order valence-corrected chi connectivity index (χ4v) is 2.63. The van der Waals surface area contributed by atoms with Crippen molar-refractivity contribution in [2.24, 2.45) is 5.92 Å². The SMILES string of the molecule is CCC1(CC)OC(=O)CC1C=C(Br)Br. The molecule has 1 saturated heterocycles. The number of halogens is 2. The van der Waals surface area contributed by atoms with Crippen molar-refractivity contribution >= 4 is 37.8 Å². The van der Waals surface area contributed by atoms with Gasteiger partial charge in [0.1, 0.15) is 5.60 Å². The quantitative estimate of drug-likeness (QED) is 0.739. The maximum absolute atomic E-state index is 11.3. The molecule has 0 bridgehead atoms. The van der Waals surface area contributed by atoms with E-state index in [0.29, 0.717) is 6.42 Å². The van der Waals surface area contributed by atoms with Gasteiger partial charge in [0, 0.05) is 5.92 Å². The second-order valence-corrected chi connectivity index (χ2v) is 6.29. The van der Waals surface area contributed by atoms with Crippen molar-refractivity contribution in [3.63, 3.8) is 0 Å². The van der Waals surface area contributed by atoms with Crippen LogP contribution in [-0.4, -0.2) is 11.6 Å². The van der Waals surface area contributed by atoms with Crippen LogP contribution in [0.15, 0.2) is 9.47 Å². The van der Waals surface area contributed by atoms with Crippen LogP contribution in [0.25, 0.3) is 0 Å². The first-order chi connectivity index (χ1) is 6.54. The van der Waals surface area contributed by atoms with E-state index in [1.54, 1.807) is 0 Å². The summed E-state index contributed by atoms with van der Waals surface area (Å²) in [5, 5.41) is 0. The van der Waals surface area contributed by atoms with Crippen LogP contribution >= 0.6 is 31.9 Å². The maximum Gasteiger partial charge on any atom is 0.307 e. The van der Waals surface area contributed by atoms with Crippen LogP contribution in [0.5, 0.6) is 0 Å². The summed E-state index contributed by atoms with van der Waals surface area (Å²) in [6.07, 6.45) is 4.23. The van der Waals surface area contributed by atoms with Crippen molar-refractivity contribution in [1.82, 2.24) is 0 Å². The van der Waals surface area contributed by atoms with Crippen molar-refractivity contribution in [2.45, 2.75) is 38.7 Å². The molecule has 0 saturated carbocycles. The second-order valence-electron chi connectivity index (χ2n) is 3.51. The third kappa shape index (κ3) is 2.40. The molecule has 1 aliphatic rings. The molecule has 0 aromatic rings. The van der Waals surface area contributed by atoms with E-state index in [2.05, 4.69) is 45.7 Å². The van der Waals surface area contributed by atoms with Gasteiger partial charge in [0.15, 0.2) is 0 Å². The predicted molar refractivity (Wildman–Crippen MR) is 63.4 cm³/mol. The third-order valence-corrected chi connectivity index (χ3v) is 3.43. The van der Waals surface area contributed by atoms with Crippen LogP contribution in [0.4, 0.5) is 0 Å². The second kappa shape index (κ2) is 4.79. The van der Waals surface area contributed by atoms with Gasteiger partial charge in [-0.15, -0.1) is 0 Å². The lowest BCUT2D eigenvalue weighted by atomic mass is 9.83. The van der Waals surface area contributed by atoms with E-state index < -0.39 is 0 Å². The molecule has 1 fully saturated rings. The summed E-state index contributed by atoms with van der Waals surface area (Å²) in [5.74, 6) is 0.0925. The van der Waals surface area contributed by atoms with Crippen LogP contribution < -0.4 is 0 Å². The lowest BCUT2D eigenvalue weighted by Crippen LogP contribution is -2.33. The van der Waals surface area contributed by atoms with Crippen LogP contribution in [0.2, 0.25) is 0 Å². The average molecular weight is 326 g/mol. The lowest BCUT2D eigenvalue weighted by Gasteiger charge is -2.29. The van der Waals surface area contributed by atoms with E-state index in [-0.39, 0.29) is 17.5 Å². The zero-order valence-corrected chi connectivity index (χ0v) is 11.5. The van der Waals surface area contributed by atoms with Crippen molar-refractivity contribution in [3.05, 3.63) is 9.47 Å². The Labute approximate surface area is 101 Å². The first kappa shape index (κ1) is 12.2. The number of hydrogen-bond donors (Lipinski definition) is 0. The van der Waals surface area contributed by atoms with Gasteiger partial charge in [0.25, 0.3) is 0 Å². The van der Waals surface area contributed by atoms with E-state index in [1.807, 2.05) is 6.08 Å². The highest BCUT2D eigenvalue weighted by atomic mass is 79.9. The van der Waals surface area contributed by atoms with Gasteiger partial charge in [-0.3, -0.25) is 4.79 Å². The zero-order chi connectivity index (χ0) is 10.8. The van der Waals surface area contributed by atoms with Crippen molar-refractivity contribution in [2.75, 3.05) is 0 Å². The Morgan fingerprint density at radius 3 is 2.57 bits per heavy atom. The van der Waals surface area contributed by atoms with Gasteiger partial charge in [-0.05, 0) is 44.7 Å². The summed E-state index contributed by atoms with van der Waals surface area (Å²) in [5.41, 5.74) is -0.288. The molecule has 0 aromatic heterocycles. The first-order valence-electron chi connectivity index (χ1n) is 4.78. The first-order valence-corrected chi connectivity index (χ1v) is 6.37. The van der Waals surface area contributed by atoms with Gasteiger partial charge in [0.05, 0.1) is 9.81 Å². The van der Waals surface area contributed by atoms with Crippen molar-refractivity contribution in [1.29, 1.82) is 0 Å². The number of rotatable bonds is 3. The standard InChI is InChI=1S/C10H14Br2O2/c1-3-10(4-2)7(5-8(11)12)6-9(13)14-10/h5,7H,3-4,6H2,1-2H3. The molecular weight excluding hydrogens is 312 g/mol. The van der Waals surface area contributed by atoms with Crippen LogP contribution in [0.3, 0.4) is 0 Å². The summed E-state index contributed by atoms with van der Waals surface area (Å²) in [6, 6.07) is 0. The van der Waals surface area contributed by atoms with E-state index >= 15 is 0 Å². The van der Waals surface area contributed by atoms with Gasteiger partial charge < -0.3 is 4.74 Å². The smallest absolute Gasteiger partial charge is 0.307 e. The molecule has 1 atom stereocenters. The monoisotopic (exact) mass is 324 g/mol. The molecule has 14 heavy (non-hydrogen) atoms. The molecule has 0 aliphatic carbocycles. The van der Waals surface area contributed by atoms with E-state index in [4.69, 9.17) is 4.74 Å². The molecule has 1 unspecified atom stereocenters. The Morgan fingerprint density at radius 1 is 1.57 bits per heavy atom. The summed E-state index contributed by atoms with van der Waals surface area (Å²) >= 11 is 6.65. The minimum absolute atomic E-state index is 0.0869. The number of carbonyl (C=O) groups excluding carboxylic acids is 1. The Balaban J connectivity index is 2.91. The number of carbonyl (C=O) groups is 1. The Kier molecular flexibility index (Phi) is 4.19. The maximum atomic E-state index is 11.3. The summed E-state index contributed by atoms with van der Waals surface area (Å²) in [4.78, 5) is 11.3. The summed E-state index contributed by atoms with van der Waals surface area (Å²) < 4.78 is 6.32. The van der Waals surface area contributed by atoms with Gasteiger partial charge in [0.2, 0.25) is 0 Å². The average Bonchev–Trinajstić information content (AvgIpc) is 2.42. The number of ether oxygens (including phenoxy) is 1. The summed E-state index contributed by atoms with van der Waals surface area (Å²) in [6.45, 7) is 4.12. The third-order valence-electron chi connectivity index (χ3n) is 2.90. The molecule has 0 spiro atoms. The molecule has 1 aliphatic heterocycles. The normalized spacial score (nSPS) is 24.6. The highest BCUT2D eigenvalue weighted by molar-refractivity contribution is 9.28. The molecule has 0 N–H and O–H groups in total. The molecule has 4 heteroatoms. The fourth-order valence-electron chi connectivity index (χ4n) is 1.99. The molecule has 0 aromatic carbocycles. The van der Waals surface area contributed by atoms with Crippen LogP contribution in [-0.2, 0) is 9.53 Å². The number of cyclic esters (lactones) is 1. The topological polar surface area (TPSA) is 26.3 Å². The fraction of sp³-hybridized carbons (Fsp3) is 0.700. The molecule has 1 rings (SSSR count). The molecule has 1 heterocycles. The van der Waals surface area contributed by atoms with Gasteiger partial charge in [-0.2, -0.15) is 0 Å². The van der Waals surface area contributed by atoms with Crippen molar-refractivity contribution < 1.29 is 9.53 Å². The number of hydrogen-bond acceptors (Lipinski definition) is 2. The number of esters is 1. The Morgan fingerprint density at radius 2 is 2.14 bits per heavy atom. The highest BCUT2D eigenvalue weighted by Gasteiger charge is 2.45. The summed E-state index contributed by atoms with van der Waals surface area (Å²) in [7, 11) is 0. The Bertz CT molecular complexity index is 253. The molecular formula is C10H14Br2O2. The Hall–Kier alpha value is 0.170. The van der Waals surface area contributed by atoms with Crippen LogP contribution in [0, 0.1) is 5.92 Å². The minimum atomic E-state index is -0.288. The van der Waals surface area contributed by atoms with Gasteiger partial charge in [-0.1, -0.05) is 19.9 Å². The van der Waals surface area contributed by atoms with Crippen LogP contribution in [0.1, 0.15) is 33.1 Å². The molecule has 0 amide bonds. The van der Waals surface area contributed by atoms with E-state index in [1.165, 1.54) is 0 Å². The largest absolute Gasteiger partial charge is 0.458 e. The minimum Gasteiger partial charge on any atom is -0.458 e. The molecule has 80 valence electrons. The van der Waals surface area contributed by atoms with Gasteiger partial charge >= 0.3 is 5.97 Å². The lowest BCUT2D eigenvalue weighted by molar-refractivity contribution is -0.149. The molecule has 0 radical (unpaired) electrons. The predicted octanol–water partition coefficient (Wildman–Crippen LogP) is 3.74. The van der Waals surface area contributed by atoms with Crippen molar-refractivity contribution in [3.8, 4) is 0 Å². The molecule has 2 nitrogen and oxygen atoms in total. The van der Waals surface area contributed by atoms with Gasteiger partial charge in [-0.25, -0.2) is 0 Å². The van der Waals surface area contributed by atoms with E-state index in [0.717, 1.165) is 16.2 Å².